The van der Waals surface area contributed by atoms with Gasteiger partial charge in [-0.05, 0) is 46.6 Å². The van der Waals surface area contributed by atoms with E-state index in [4.69, 9.17) is 14.5 Å². The molecule has 4 aromatic carbocycles. The van der Waals surface area contributed by atoms with Crippen LogP contribution in [0.3, 0.4) is 0 Å². The van der Waals surface area contributed by atoms with Crippen LogP contribution in [0, 0.1) is 4.91 Å². The second-order valence-corrected chi connectivity index (χ2v) is 8.54. The molecule has 0 amide bonds. The van der Waals surface area contributed by atoms with Gasteiger partial charge in [0, 0.05) is 16.3 Å². The van der Waals surface area contributed by atoms with Gasteiger partial charge in [0.05, 0.1) is 25.5 Å². The maximum atomic E-state index is 11.8. The highest BCUT2D eigenvalue weighted by molar-refractivity contribution is 6.15. The summed E-state index contributed by atoms with van der Waals surface area (Å²) in [6.07, 6.45) is 0. The molecule has 0 saturated heterocycles. The molecule has 0 aliphatic heterocycles. The Bertz CT molecular complexity index is 1760. The van der Waals surface area contributed by atoms with E-state index < -0.39 is 0 Å². The van der Waals surface area contributed by atoms with Gasteiger partial charge in [-0.1, -0.05) is 60.7 Å². The fourth-order valence-electron chi connectivity index (χ4n) is 4.79. The van der Waals surface area contributed by atoms with Crippen molar-refractivity contribution in [1.82, 2.24) is 10.1 Å². The second kappa shape index (κ2) is 9.20. The van der Waals surface area contributed by atoms with Crippen molar-refractivity contribution in [3.05, 3.63) is 102 Å². The van der Waals surface area contributed by atoms with Crippen LogP contribution in [0.5, 0.6) is 11.5 Å². The molecular weight excluding hydrogens is 464 g/mol. The Hall–Kier alpha value is -5.04. The molecule has 0 fully saturated rings. The molecule has 7 heteroatoms. The normalized spacial score (nSPS) is 11.1. The van der Waals surface area contributed by atoms with E-state index in [-0.39, 0.29) is 0 Å². The maximum Gasteiger partial charge on any atom is 0.357 e. The molecule has 0 saturated carbocycles. The van der Waals surface area contributed by atoms with Crippen LogP contribution in [-0.2, 0) is 0 Å². The zero-order valence-electron chi connectivity index (χ0n) is 20.3. The molecule has 0 aliphatic carbocycles. The summed E-state index contributed by atoms with van der Waals surface area (Å²) in [4.78, 5) is 16.9. The number of nitrogens with one attached hydrogen (secondary N) is 1. The summed E-state index contributed by atoms with van der Waals surface area (Å²) in [5.41, 5.74) is 5.15. The molecule has 0 atom stereocenters. The molecule has 37 heavy (non-hydrogen) atoms. The lowest BCUT2D eigenvalue weighted by atomic mass is 9.98. The highest BCUT2D eigenvalue weighted by Crippen LogP contribution is 2.43. The van der Waals surface area contributed by atoms with Crippen molar-refractivity contribution in [3.8, 4) is 39.7 Å². The van der Waals surface area contributed by atoms with E-state index in [1.807, 2.05) is 77.5 Å². The number of methoxy groups -OCH3 is 2. The van der Waals surface area contributed by atoms with Crippen molar-refractivity contribution in [2.75, 3.05) is 14.2 Å². The quantitative estimate of drug-likeness (QED) is 0.208. The summed E-state index contributed by atoms with van der Waals surface area (Å²) >= 11 is 0. The number of hydrogen-bond donors (Lipinski definition) is 1. The van der Waals surface area contributed by atoms with Crippen LogP contribution in [0.25, 0.3) is 50.0 Å². The number of pyridine rings is 1. The van der Waals surface area contributed by atoms with Gasteiger partial charge in [-0.15, -0.1) is 9.59 Å². The van der Waals surface area contributed by atoms with Crippen LogP contribution in [0.1, 0.15) is 0 Å². The Balaban J connectivity index is 1.84. The van der Waals surface area contributed by atoms with Gasteiger partial charge < -0.3 is 9.47 Å². The van der Waals surface area contributed by atoms with E-state index >= 15 is 0 Å². The summed E-state index contributed by atoms with van der Waals surface area (Å²) in [5.74, 6) is 1.17. The van der Waals surface area contributed by atoms with E-state index in [1.165, 1.54) is 0 Å². The number of para-hydroxylation sites is 1. The third-order valence-corrected chi connectivity index (χ3v) is 6.51. The van der Waals surface area contributed by atoms with Crippen LogP contribution in [0.4, 0.5) is 5.69 Å². The fourth-order valence-corrected chi connectivity index (χ4v) is 4.79. The van der Waals surface area contributed by atoms with Gasteiger partial charge in [0.15, 0.2) is 22.9 Å². The lowest BCUT2D eigenvalue weighted by Gasteiger charge is -2.11. The molecular formula is C30H23N4O3+. The summed E-state index contributed by atoms with van der Waals surface area (Å²) in [5, 5.41) is 9.51. The van der Waals surface area contributed by atoms with Crippen molar-refractivity contribution in [2.24, 2.45) is 5.18 Å². The maximum absolute atomic E-state index is 11.8. The SMILES string of the molecule is COc1cc2c(-c3ccccc3N=O)nc3c(c(-c4ccccc4)[nH][n+]3-c3ccccc3)c2cc1OC. The molecule has 0 bridgehead atoms. The smallest absolute Gasteiger partial charge is 0.357 e. The predicted octanol–water partition coefficient (Wildman–Crippen LogP) is 6.74. The number of H-pyrrole nitrogens is 1. The third kappa shape index (κ3) is 3.68. The van der Waals surface area contributed by atoms with Crippen molar-refractivity contribution >= 4 is 27.5 Å². The average molecular weight is 488 g/mol. The summed E-state index contributed by atoms with van der Waals surface area (Å²) in [7, 11) is 3.22. The number of hydrogen-bond acceptors (Lipinski definition) is 5. The number of aromatic amines is 1. The molecule has 0 aliphatic rings. The van der Waals surface area contributed by atoms with Gasteiger partial charge in [-0.3, -0.25) is 0 Å². The molecule has 0 radical (unpaired) electrons. The molecule has 7 nitrogen and oxygen atoms in total. The van der Waals surface area contributed by atoms with E-state index in [1.54, 1.807) is 26.4 Å². The zero-order valence-corrected chi connectivity index (χ0v) is 20.3. The first-order chi connectivity index (χ1) is 18.2. The Morgan fingerprint density at radius 3 is 2.08 bits per heavy atom. The van der Waals surface area contributed by atoms with E-state index in [0.29, 0.717) is 34.1 Å². The standard InChI is InChI=1S/C30H22N4O3/c1-36-25-17-22-23(18-26(25)37-2)29(21-15-9-10-16-24(21)33-35)31-30-27(22)28(19-11-5-3-6-12-19)32-34(30)20-13-7-4-8-14-20/h3-18H,1-2H3/p+1. The van der Waals surface area contributed by atoms with Gasteiger partial charge in [0.1, 0.15) is 11.1 Å². The predicted molar refractivity (Wildman–Crippen MR) is 145 cm³/mol. The second-order valence-electron chi connectivity index (χ2n) is 8.54. The molecule has 6 rings (SSSR count). The Morgan fingerprint density at radius 1 is 0.784 bits per heavy atom. The van der Waals surface area contributed by atoms with Gasteiger partial charge in [0.2, 0.25) is 0 Å². The first-order valence-corrected chi connectivity index (χ1v) is 11.8. The summed E-state index contributed by atoms with van der Waals surface area (Å²) in [6.45, 7) is 0. The number of fused-ring (bicyclic) bond motifs is 3. The number of nitroso groups, excluding NO2 is 1. The lowest BCUT2D eigenvalue weighted by molar-refractivity contribution is -0.630. The van der Waals surface area contributed by atoms with Crippen LogP contribution < -0.4 is 14.2 Å². The molecule has 0 unspecified atom stereocenters. The van der Waals surface area contributed by atoms with E-state index in [9.17, 15) is 4.91 Å². The molecule has 6 aromatic rings. The van der Waals surface area contributed by atoms with Crippen LogP contribution >= 0.6 is 0 Å². The minimum Gasteiger partial charge on any atom is -0.493 e. The Morgan fingerprint density at radius 2 is 1.41 bits per heavy atom. The zero-order chi connectivity index (χ0) is 25.4. The first-order valence-electron chi connectivity index (χ1n) is 11.8. The minimum atomic E-state index is 0.315. The van der Waals surface area contributed by atoms with Crippen molar-refractivity contribution in [1.29, 1.82) is 0 Å². The number of aromatic nitrogens is 3. The Labute approximate surface area is 212 Å². The van der Waals surface area contributed by atoms with Gasteiger partial charge in [-0.2, -0.15) is 0 Å². The van der Waals surface area contributed by atoms with Crippen molar-refractivity contribution in [2.45, 2.75) is 0 Å². The summed E-state index contributed by atoms with van der Waals surface area (Å²) in [6, 6.07) is 31.2. The number of benzene rings is 4. The van der Waals surface area contributed by atoms with E-state index in [2.05, 4.69) is 22.4 Å². The average Bonchev–Trinajstić information content (AvgIpc) is 3.36. The van der Waals surface area contributed by atoms with Crippen molar-refractivity contribution in [3.63, 3.8) is 0 Å². The van der Waals surface area contributed by atoms with Crippen LogP contribution in [-0.4, -0.2) is 24.3 Å². The van der Waals surface area contributed by atoms with Crippen LogP contribution in [0.15, 0.2) is 102 Å². The largest absolute Gasteiger partial charge is 0.493 e. The van der Waals surface area contributed by atoms with E-state index in [0.717, 1.165) is 33.1 Å². The molecule has 2 aromatic heterocycles. The molecule has 0 spiro atoms. The fraction of sp³-hybridized carbons (Fsp3) is 0.0667. The number of rotatable bonds is 6. The van der Waals surface area contributed by atoms with Crippen molar-refractivity contribution < 1.29 is 14.2 Å². The first kappa shape index (κ1) is 22.4. The molecule has 2 heterocycles. The number of nitrogens with zero attached hydrogens (tertiary/aromatic N) is 3. The van der Waals surface area contributed by atoms with Gasteiger partial charge in [0.25, 0.3) is 0 Å². The summed E-state index contributed by atoms with van der Waals surface area (Å²) < 4.78 is 13.3. The highest BCUT2D eigenvalue weighted by atomic mass is 16.5. The third-order valence-electron chi connectivity index (χ3n) is 6.51. The topological polar surface area (TPSA) is 80.5 Å². The Kier molecular flexibility index (Phi) is 5.58. The van der Waals surface area contributed by atoms with Gasteiger partial charge in [-0.25, -0.2) is 5.10 Å². The van der Waals surface area contributed by atoms with Crippen LogP contribution in [0.2, 0.25) is 0 Å². The lowest BCUT2D eigenvalue weighted by Crippen LogP contribution is -2.33. The minimum absolute atomic E-state index is 0.315. The van der Waals surface area contributed by atoms with Gasteiger partial charge >= 0.3 is 5.65 Å². The number of ether oxygens (including phenoxy) is 2. The molecule has 180 valence electrons. The monoisotopic (exact) mass is 487 g/mol. The highest BCUT2D eigenvalue weighted by Gasteiger charge is 2.29. The molecule has 1 N–H and O–H groups in total.